The maximum absolute atomic E-state index is 12.6. The predicted molar refractivity (Wildman–Crippen MR) is 103 cm³/mol. The lowest BCUT2D eigenvalue weighted by Gasteiger charge is -2.19. The predicted octanol–water partition coefficient (Wildman–Crippen LogP) is 4.11. The van der Waals surface area contributed by atoms with Crippen molar-refractivity contribution >= 4 is 40.8 Å². The molecule has 1 heterocycles. The van der Waals surface area contributed by atoms with Gasteiger partial charge in [-0.05, 0) is 26.0 Å². The van der Waals surface area contributed by atoms with Crippen LogP contribution in [0.5, 0.6) is 0 Å². The van der Waals surface area contributed by atoms with E-state index in [2.05, 4.69) is 10.3 Å². The van der Waals surface area contributed by atoms with Crippen LogP contribution in [0.1, 0.15) is 42.2 Å². The summed E-state index contributed by atoms with van der Waals surface area (Å²) in [6.45, 7) is 3.35. The SMILES string of the molecule is CC(C)OC(=O)CC(NC(=O)c1ccc(Cl)nc1Cl)c1ccccc1[N+](=O)[O-]. The first-order valence-corrected chi connectivity index (χ1v) is 9.00. The van der Waals surface area contributed by atoms with Crippen molar-refractivity contribution < 1.29 is 19.2 Å². The Labute approximate surface area is 171 Å². The Morgan fingerprint density at radius 3 is 2.50 bits per heavy atom. The smallest absolute Gasteiger partial charge is 0.308 e. The second-order valence-electron chi connectivity index (χ2n) is 6.06. The van der Waals surface area contributed by atoms with Gasteiger partial charge in [0.2, 0.25) is 0 Å². The van der Waals surface area contributed by atoms with E-state index in [1.807, 2.05) is 0 Å². The molecule has 1 N–H and O–H groups in total. The molecule has 0 fully saturated rings. The van der Waals surface area contributed by atoms with Crippen LogP contribution in [0, 0.1) is 10.1 Å². The van der Waals surface area contributed by atoms with Crippen molar-refractivity contribution in [1.29, 1.82) is 0 Å². The fraction of sp³-hybridized carbons (Fsp3) is 0.278. The molecule has 10 heteroatoms. The Hall–Kier alpha value is -2.71. The fourth-order valence-corrected chi connectivity index (χ4v) is 2.91. The number of para-hydroxylation sites is 1. The minimum atomic E-state index is -1.01. The lowest BCUT2D eigenvalue weighted by Crippen LogP contribution is -2.31. The minimum absolute atomic E-state index is 0.0203. The van der Waals surface area contributed by atoms with E-state index in [0.717, 1.165) is 0 Å². The van der Waals surface area contributed by atoms with E-state index in [0.29, 0.717) is 0 Å². The van der Waals surface area contributed by atoms with Gasteiger partial charge >= 0.3 is 5.97 Å². The van der Waals surface area contributed by atoms with Crippen LogP contribution in [0.15, 0.2) is 36.4 Å². The number of nitro groups is 1. The van der Waals surface area contributed by atoms with Crippen molar-refractivity contribution in [2.24, 2.45) is 0 Å². The highest BCUT2D eigenvalue weighted by atomic mass is 35.5. The van der Waals surface area contributed by atoms with Gasteiger partial charge in [-0.2, -0.15) is 0 Å². The van der Waals surface area contributed by atoms with E-state index in [1.165, 1.54) is 30.3 Å². The lowest BCUT2D eigenvalue weighted by molar-refractivity contribution is -0.385. The lowest BCUT2D eigenvalue weighted by atomic mass is 10.0. The number of rotatable bonds is 7. The van der Waals surface area contributed by atoms with E-state index < -0.39 is 22.8 Å². The highest BCUT2D eigenvalue weighted by Crippen LogP contribution is 2.28. The zero-order valence-corrected chi connectivity index (χ0v) is 16.5. The van der Waals surface area contributed by atoms with Gasteiger partial charge in [0.15, 0.2) is 0 Å². The van der Waals surface area contributed by atoms with E-state index in [1.54, 1.807) is 19.9 Å². The van der Waals surface area contributed by atoms with Gasteiger partial charge in [0.1, 0.15) is 10.3 Å². The number of nitrogens with zero attached hydrogens (tertiary/aromatic N) is 2. The number of benzene rings is 1. The van der Waals surface area contributed by atoms with Crippen molar-refractivity contribution in [3.63, 3.8) is 0 Å². The molecule has 0 saturated carbocycles. The average molecular weight is 426 g/mol. The number of aromatic nitrogens is 1. The summed E-state index contributed by atoms with van der Waals surface area (Å²) in [5.74, 6) is -1.27. The molecule has 0 aliphatic carbocycles. The molecule has 1 atom stereocenters. The third-order valence-electron chi connectivity index (χ3n) is 3.61. The zero-order valence-electron chi connectivity index (χ0n) is 15.0. The Morgan fingerprint density at radius 1 is 1.21 bits per heavy atom. The first kappa shape index (κ1) is 21.6. The number of halogens is 2. The summed E-state index contributed by atoms with van der Waals surface area (Å²) < 4.78 is 5.11. The molecule has 0 radical (unpaired) electrons. The normalized spacial score (nSPS) is 11.8. The van der Waals surface area contributed by atoms with Gasteiger partial charge in [-0.15, -0.1) is 0 Å². The number of nitrogens with one attached hydrogen (secondary N) is 1. The highest BCUT2D eigenvalue weighted by molar-refractivity contribution is 6.34. The number of ether oxygens (including phenoxy) is 1. The molecule has 0 aliphatic heterocycles. The molecule has 1 unspecified atom stereocenters. The summed E-state index contributed by atoms with van der Waals surface area (Å²) in [6, 6.07) is 7.57. The van der Waals surface area contributed by atoms with Crippen LogP contribution in [0.2, 0.25) is 10.3 Å². The number of esters is 1. The summed E-state index contributed by atoms with van der Waals surface area (Å²) in [7, 11) is 0. The molecule has 1 aromatic carbocycles. The number of amides is 1. The van der Waals surface area contributed by atoms with E-state index in [-0.39, 0.29) is 39.6 Å². The van der Waals surface area contributed by atoms with Crippen molar-refractivity contribution in [3.8, 4) is 0 Å². The molecular formula is C18H17Cl2N3O5. The Morgan fingerprint density at radius 2 is 1.89 bits per heavy atom. The molecule has 2 aromatic rings. The van der Waals surface area contributed by atoms with Gasteiger partial charge < -0.3 is 10.1 Å². The highest BCUT2D eigenvalue weighted by Gasteiger charge is 2.27. The van der Waals surface area contributed by atoms with Gasteiger partial charge in [-0.3, -0.25) is 19.7 Å². The maximum Gasteiger partial charge on any atom is 0.308 e. The second kappa shape index (κ2) is 9.48. The summed E-state index contributed by atoms with van der Waals surface area (Å²) in [4.78, 5) is 39.4. The van der Waals surface area contributed by atoms with Crippen LogP contribution >= 0.6 is 23.2 Å². The third kappa shape index (κ3) is 5.64. The second-order valence-corrected chi connectivity index (χ2v) is 6.80. The van der Waals surface area contributed by atoms with Crippen molar-refractivity contribution in [2.75, 3.05) is 0 Å². The van der Waals surface area contributed by atoms with Crippen LogP contribution in [0.4, 0.5) is 5.69 Å². The summed E-state index contributed by atoms with van der Waals surface area (Å²) >= 11 is 11.7. The van der Waals surface area contributed by atoms with Crippen LogP contribution in [-0.2, 0) is 9.53 Å². The summed E-state index contributed by atoms with van der Waals surface area (Å²) in [5.41, 5.74) is -0.0445. The quantitative estimate of drug-likeness (QED) is 0.309. The molecule has 8 nitrogen and oxygen atoms in total. The number of hydrogen-bond acceptors (Lipinski definition) is 6. The van der Waals surface area contributed by atoms with Crippen molar-refractivity contribution in [3.05, 3.63) is 67.9 Å². The number of nitro benzene ring substituents is 1. The largest absolute Gasteiger partial charge is 0.463 e. The van der Waals surface area contributed by atoms with Crippen LogP contribution < -0.4 is 5.32 Å². The number of hydrogen-bond donors (Lipinski definition) is 1. The molecule has 28 heavy (non-hydrogen) atoms. The van der Waals surface area contributed by atoms with Gasteiger partial charge in [-0.1, -0.05) is 41.4 Å². The molecule has 1 aromatic heterocycles. The summed E-state index contributed by atoms with van der Waals surface area (Å²) in [6.07, 6.45) is -0.669. The van der Waals surface area contributed by atoms with Crippen LogP contribution in [0.25, 0.3) is 0 Å². The van der Waals surface area contributed by atoms with E-state index >= 15 is 0 Å². The monoisotopic (exact) mass is 425 g/mol. The third-order valence-corrected chi connectivity index (χ3v) is 4.11. The van der Waals surface area contributed by atoms with Crippen LogP contribution in [0.3, 0.4) is 0 Å². The van der Waals surface area contributed by atoms with E-state index in [4.69, 9.17) is 27.9 Å². The Kier molecular flexibility index (Phi) is 7.31. The van der Waals surface area contributed by atoms with Gasteiger partial charge in [-0.25, -0.2) is 4.98 Å². The van der Waals surface area contributed by atoms with Crippen molar-refractivity contribution in [2.45, 2.75) is 32.4 Å². The van der Waals surface area contributed by atoms with Gasteiger partial charge in [0.25, 0.3) is 11.6 Å². The molecule has 1 amide bonds. The number of carbonyl (C=O) groups is 2. The Balaban J connectivity index is 2.37. The minimum Gasteiger partial charge on any atom is -0.463 e. The van der Waals surface area contributed by atoms with Crippen LogP contribution in [-0.4, -0.2) is 27.9 Å². The van der Waals surface area contributed by atoms with E-state index in [9.17, 15) is 19.7 Å². The zero-order chi connectivity index (χ0) is 20.8. The molecule has 0 saturated heterocycles. The molecule has 0 aliphatic rings. The van der Waals surface area contributed by atoms with Gasteiger partial charge in [0, 0.05) is 6.07 Å². The van der Waals surface area contributed by atoms with Gasteiger partial charge in [0.05, 0.1) is 34.6 Å². The first-order chi connectivity index (χ1) is 13.2. The fourth-order valence-electron chi connectivity index (χ4n) is 2.48. The number of carbonyl (C=O) groups excluding carboxylic acids is 2. The summed E-state index contributed by atoms with van der Waals surface area (Å²) in [5, 5.41) is 13.9. The number of pyridine rings is 1. The molecule has 2 rings (SSSR count). The molecule has 0 spiro atoms. The molecule has 0 bridgehead atoms. The van der Waals surface area contributed by atoms with Crippen molar-refractivity contribution in [1.82, 2.24) is 10.3 Å². The topological polar surface area (TPSA) is 111 Å². The maximum atomic E-state index is 12.6. The Bertz CT molecular complexity index is 905. The average Bonchev–Trinajstić information content (AvgIpc) is 2.60. The first-order valence-electron chi connectivity index (χ1n) is 8.24. The molecular weight excluding hydrogens is 409 g/mol. The molecule has 148 valence electrons. The standard InChI is InChI=1S/C18H17Cl2N3O5/c1-10(2)28-16(24)9-13(11-5-3-4-6-14(11)23(26)27)21-18(25)12-7-8-15(19)22-17(12)20/h3-8,10,13H,9H2,1-2H3,(H,21,25).